The predicted molar refractivity (Wildman–Crippen MR) is 69.8 cm³/mol. The van der Waals surface area contributed by atoms with Crippen LogP contribution in [-0.2, 0) is 14.8 Å². The molecule has 2 saturated heterocycles. The molecule has 0 aromatic carbocycles. The van der Waals surface area contributed by atoms with E-state index in [1.54, 1.807) is 0 Å². The number of sulfonamides is 1. The fourth-order valence-electron chi connectivity index (χ4n) is 2.87. The summed E-state index contributed by atoms with van der Waals surface area (Å²) in [6.07, 6.45) is 3.34. The standard InChI is InChI=1S/C11H23N3O3S/c1-18(15,16)14-6-4-13(5-7-14)11(9-12)3-2-8-17-10-11/h2-10,12H2,1H3. The summed E-state index contributed by atoms with van der Waals surface area (Å²) in [6, 6.07) is 0. The molecule has 2 rings (SSSR count). The molecule has 18 heavy (non-hydrogen) atoms. The molecule has 2 aliphatic heterocycles. The number of hydrogen-bond acceptors (Lipinski definition) is 5. The molecule has 2 N–H and O–H groups in total. The molecule has 0 bridgehead atoms. The van der Waals surface area contributed by atoms with Gasteiger partial charge in [-0.25, -0.2) is 8.42 Å². The molecular formula is C11H23N3O3S. The van der Waals surface area contributed by atoms with Crippen molar-refractivity contribution in [1.29, 1.82) is 0 Å². The monoisotopic (exact) mass is 277 g/mol. The van der Waals surface area contributed by atoms with Gasteiger partial charge in [-0.1, -0.05) is 0 Å². The normalized spacial score (nSPS) is 32.6. The number of nitrogens with zero attached hydrogens (tertiary/aromatic N) is 2. The predicted octanol–water partition coefficient (Wildman–Crippen LogP) is -0.928. The minimum absolute atomic E-state index is 0.0815. The largest absolute Gasteiger partial charge is 0.379 e. The third kappa shape index (κ3) is 2.85. The molecule has 106 valence electrons. The Morgan fingerprint density at radius 2 is 1.94 bits per heavy atom. The smallest absolute Gasteiger partial charge is 0.211 e. The van der Waals surface area contributed by atoms with E-state index in [1.165, 1.54) is 10.6 Å². The summed E-state index contributed by atoms with van der Waals surface area (Å²) in [6.45, 7) is 4.65. The van der Waals surface area contributed by atoms with Crippen molar-refractivity contribution in [1.82, 2.24) is 9.21 Å². The highest BCUT2D eigenvalue weighted by molar-refractivity contribution is 7.88. The van der Waals surface area contributed by atoms with Gasteiger partial charge in [0, 0.05) is 39.3 Å². The lowest BCUT2D eigenvalue weighted by Gasteiger charge is -2.48. The number of rotatable bonds is 3. The zero-order chi connectivity index (χ0) is 13.2. The van der Waals surface area contributed by atoms with Crippen molar-refractivity contribution >= 4 is 10.0 Å². The van der Waals surface area contributed by atoms with Crippen molar-refractivity contribution in [2.75, 3.05) is 52.2 Å². The number of nitrogens with two attached hydrogens (primary N) is 1. The van der Waals surface area contributed by atoms with Gasteiger partial charge in [0.05, 0.1) is 18.4 Å². The van der Waals surface area contributed by atoms with Crippen LogP contribution >= 0.6 is 0 Å². The number of ether oxygens (including phenoxy) is 1. The van der Waals surface area contributed by atoms with Gasteiger partial charge in [0.15, 0.2) is 0 Å². The van der Waals surface area contributed by atoms with Crippen LogP contribution in [0, 0.1) is 0 Å². The molecule has 0 aromatic heterocycles. The molecule has 0 amide bonds. The van der Waals surface area contributed by atoms with Gasteiger partial charge in [0.25, 0.3) is 0 Å². The molecule has 2 heterocycles. The van der Waals surface area contributed by atoms with Gasteiger partial charge in [-0.2, -0.15) is 4.31 Å². The van der Waals surface area contributed by atoms with Crippen molar-refractivity contribution in [3.63, 3.8) is 0 Å². The Bertz CT molecular complexity index is 371. The SMILES string of the molecule is CS(=O)(=O)N1CCN(C2(CN)CCCOC2)CC1. The third-order valence-electron chi connectivity index (χ3n) is 4.06. The summed E-state index contributed by atoms with van der Waals surface area (Å²) in [7, 11) is -3.06. The lowest BCUT2D eigenvalue weighted by atomic mass is 9.90. The first-order chi connectivity index (χ1) is 8.48. The lowest BCUT2D eigenvalue weighted by Crippen LogP contribution is -2.63. The van der Waals surface area contributed by atoms with E-state index in [2.05, 4.69) is 4.90 Å². The Kier molecular flexibility index (Phi) is 4.28. The Balaban J connectivity index is 1.99. The van der Waals surface area contributed by atoms with Crippen molar-refractivity contribution in [3.8, 4) is 0 Å². The van der Waals surface area contributed by atoms with Crippen molar-refractivity contribution in [2.45, 2.75) is 18.4 Å². The third-order valence-corrected chi connectivity index (χ3v) is 5.36. The molecule has 1 unspecified atom stereocenters. The second-order valence-electron chi connectivity index (χ2n) is 5.23. The molecule has 0 aromatic rings. The van der Waals surface area contributed by atoms with Gasteiger partial charge in [0.1, 0.15) is 0 Å². The second kappa shape index (κ2) is 5.42. The summed E-state index contributed by atoms with van der Waals surface area (Å²) in [5.74, 6) is 0. The first kappa shape index (κ1) is 14.2. The van der Waals surface area contributed by atoms with E-state index >= 15 is 0 Å². The van der Waals surface area contributed by atoms with Crippen LogP contribution in [0.2, 0.25) is 0 Å². The van der Waals surface area contributed by atoms with Gasteiger partial charge >= 0.3 is 0 Å². The van der Waals surface area contributed by atoms with E-state index < -0.39 is 10.0 Å². The minimum atomic E-state index is -3.06. The Morgan fingerprint density at radius 3 is 2.39 bits per heavy atom. The van der Waals surface area contributed by atoms with Crippen LogP contribution in [0.5, 0.6) is 0 Å². The molecular weight excluding hydrogens is 254 g/mol. The fourth-order valence-corrected chi connectivity index (χ4v) is 3.70. The molecule has 7 heteroatoms. The zero-order valence-corrected chi connectivity index (χ0v) is 11.8. The van der Waals surface area contributed by atoms with E-state index in [1.807, 2.05) is 0 Å². The summed E-state index contributed by atoms with van der Waals surface area (Å²) in [5.41, 5.74) is 5.85. The summed E-state index contributed by atoms with van der Waals surface area (Å²) in [5, 5.41) is 0. The topological polar surface area (TPSA) is 75.9 Å². The molecule has 0 aliphatic carbocycles. The maximum atomic E-state index is 11.5. The molecule has 0 spiro atoms. The zero-order valence-electron chi connectivity index (χ0n) is 11.0. The van der Waals surface area contributed by atoms with E-state index in [-0.39, 0.29) is 5.54 Å². The van der Waals surface area contributed by atoms with Crippen molar-refractivity contribution in [2.24, 2.45) is 5.73 Å². The quantitative estimate of drug-likeness (QED) is 0.721. The highest BCUT2D eigenvalue weighted by Gasteiger charge is 2.39. The first-order valence-electron chi connectivity index (χ1n) is 6.46. The van der Waals surface area contributed by atoms with Gasteiger partial charge < -0.3 is 10.5 Å². The summed E-state index contributed by atoms with van der Waals surface area (Å²) < 4.78 is 30.1. The van der Waals surface area contributed by atoms with Crippen LogP contribution in [0.4, 0.5) is 0 Å². The van der Waals surface area contributed by atoms with Crippen molar-refractivity contribution < 1.29 is 13.2 Å². The Morgan fingerprint density at radius 1 is 1.28 bits per heavy atom. The molecule has 2 fully saturated rings. The average molecular weight is 277 g/mol. The maximum absolute atomic E-state index is 11.5. The number of hydrogen-bond donors (Lipinski definition) is 1. The van der Waals surface area contributed by atoms with Crippen molar-refractivity contribution in [3.05, 3.63) is 0 Å². The molecule has 1 atom stereocenters. The van der Waals surface area contributed by atoms with Gasteiger partial charge in [0.2, 0.25) is 10.0 Å². The van der Waals surface area contributed by atoms with E-state index in [9.17, 15) is 8.42 Å². The highest BCUT2D eigenvalue weighted by atomic mass is 32.2. The van der Waals surface area contributed by atoms with Crippen LogP contribution in [0.3, 0.4) is 0 Å². The van der Waals surface area contributed by atoms with Gasteiger partial charge in [-0.05, 0) is 12.8 Å². The molecule has 0 saturated carbocycles. The van der Waals surface area contributed by atoms with E-state index in [0.29, 0.717) is 26.2 Å². The first-order valence-corrected chi connectivity index (χ1v) is 8.31. The van der Waals surface area contributed by atoms with Gasteiger partial charge in [-0.3, -0.25) is 4.90 Å². The van der Waals surface area contributed by atoms with E-state index in [0.717, 1.165) is 32.5 Å². The van der Waals surface area contributed by atoms with Gasteiger partial charge in [-0.15, -0.1) is 0 Å². The minimum Gasteiger partial charge on any atom is -0.379 e. The van der Waals surface area contributed by atoms with Crippen LogP contribution in [0.15, 0.2) is 0 Å². The summed E-state index contributed by atoms with van der Waals surface area (Å²) >= 11 is 0. The fraction of sp³-hybridized carbons (Fsp3) is 1.00. The molecule has 6 nitrogen and oxygen atoms in total. The van der Waals surface area contributed by atoms with Crippen LogP contribution in [-0.4, -0.2) is 75.4 Å². The lowest BCUT2D eigenvalue weighted by molar-refractivity contribution is -0.0547. The highest BCUT2D eigenvalue weighted by Crippen LogP contribution is 2.26. The number of piperazine rings is 1. The molecule has 0 radical (unpaired) electrons. The summed E-state index contributed by atoms with van der Waals surface area (Å²) in [4.78, 5) is 2.31. The van der Waals surface area contributed by atoms with Crippen LogP contribution in [0.1, 0.15) is 12.8 Å². The Labute approximate surface area is 109 Å². The van der Waals surface area contributed by atoms with Crippen LogP contribution < -0.4 is 5.73 Å². The maximum Gasteiger partial charge on any atom is 0.211 e. The van der Waals surface area contributed by atoms with E-state index in [4.69, 9.17) is 10.5 Å². The van der Waals surface area contributed by atoms with Crippen LogP contribution in [0.25, 0.3) is 0 Å². The average Bonchev–Trinajstić information content (AvgIpc) is 2.39. The Hall–Kier alpha value is -0.210. The molecule has 2 aliphatic rings. The second-order valence-corrected chi connectivity index (χ2v) is 7.22.